The molecule has 0 fully saturated rings. The van der Waals surface area contributed by atoms with E-state index in [1.807, 2.05) is 30.3 Å². The van der Waals surface area contributed by atoms with Gasteiger partial charge >= 0.3 is 0 Å². The van der Waals surface area contributed by atoms with Gasteiger partial charge in [0, 0.05) is 24.2 Å². The number of nitrogens with zero attached hydrogens (tertiary/aromatic N) is 1. The molecule has 0 radical (unpaired) electrons. The molecule has 0 aliphatic carbocycles. The molecule has 0 saturated carbocycles. The van der Waals surface area contributed by atoms with Crippen LogP contribution in [0, 0.1) is 0 Å². The molecule has 0 unspecified atom stereocenters. The molecule has 0 bridgehead atoms. The molecule has 1 heterocycles. The van der Waals surface area contributed by atoms with Crippen molar-refractivity contribution in [3.8, 4) is 5.75 Å². The van der Waals surface area contributed by atoms with E-state index < -0.39 is 0 Å². The van der Waals surface area contributed by atoms with Gasteiger partial charge in [0.2, 0.25) is 0 Å². The summed E-state index contributed by atoms with van der Waals surface area (Å²) in [6.45, 7) is 0.578. The highest BCUT2D eigenvalue weighted by atomic mass is 79.9. The molecule has 0 N–H and O–H groups in total. The number of rotatable bonds is 5. The van der Waals surface area contributed by atoms with Gasteiger partial charge in [0.15, 0.2) is 0 Å². The van der Waals surface area contributed by atoms with Gasteiger partial charge in [-0.05, 0) is 61.7 Å². The van der Waals surface area contributed by atoms with Gasteiger partial charge in [-0.3, -0.25) is 4.98 Å². The van der Waals surface area contributed by atoms with Gasteiger partial charge in [-0.1, -0.05) is 6.07 Å². The van der Waals surface area contributed by atoms with Crippen LogP contribution < -0.4 is 4.74 Å². The molecule has 0 amide bonds. The van der Waals surface area contributed by atoms with Crippen LogP contribution in [0.3, 0.4) is 0 Å². The second-order valence-electron chi connectivity index (χ2n) is 3.94. The predicted octanol–water partition coefficient (Wildman–Crippen LogP) is 4.97. The SMILES string of the molecule is ClCc1cc(Br)c(OCCc2ccccn2)c(Br)c1. The number of ether oxygens (including phenoxy) is 1. The van der Waals surface area contributed by atoms with Crippen LogP contribution in [0.1, 0.15) is 11.3 Å². The predicted molar refractivity (Wildman–Crippen MR) is 84.8 cm³/mol. The van der Waals surface area contributed by atoms with Crippen molar-refractivity contribution < 1.29 is 4.74 Å². The van der Waals surface area contributed by atoms with Crippen molar-refractivity contribution in [3.05, 3.63) is 56.7 Å². The van der Waals surface area contributed by atoms with Crippen molar-refractivity contribution in [1.82, 2.24) is 4.98 Å². The minimum Gasteiger partial charge on any atom is -0.491 e. The quantitative estimate of drug-likeness (QED) is 0.656. The van der Waals surface area contributed by atoms with Gasteiger partial charge in [-0.15, -0.1) is 11.6 Å². The zero-order valence-electron chi connectivity index (χ0n) is 10.1. The van der Waals surface area contributed by atoms with Gasteiger partial charge in [-0.25, -0.2) is 0 Å². The summed E-state index contributed by atoms with van der Waals surface area (Å²) < 4.78 is 7.60. The normalized spacial score (nSPS) is 10.5. The lowest BCUT2D eigenvalue weighted by molar-refractivity contribution is 0.316. The van der Waals surface area contributed by atoms with E-state index in [4.69, 9.17) is 16.3 Å². The minimum atomic E-state index is 0.478. The van der Waals surface area contributed by atoms with Crippen LogP contribution in [0.25, 0.3) is 0 Å². The molecule has 0 atom stereocenters. The molecule has 0 saturated heterocycles. The Labute approximate surface area is 134 Å². The molecule has 2 rings (SSSR count). The van der Waals surface area contributed by atoms with Crippen LogP contribution >= 0.6 is 43.5 Å². The van der Waals surface area contributed by atoms with Gasteiger partial charge in [0.25, 0.3) is 0 Å². The Morgan fingerprint density at radius 2 is 1.89 bits per heavy atom. The van der Waals surface area contributed by atoms with Crippen molar-refractivity contribution in [2.75, 3.05) is 6.61 Å². The second-order valence-corrected chi connectivity index (χ2v) is 5.92. The third kappa shape index (κ3) is 4.20. The Balaban J connectivity index is 2.00. The first-order valence-corrected chi connectivity index (χ1v) is 7.89. The lowest BCUT2D eigenvalue weighted by atomic mass is 10.2. The fourth-order valence-electron chi connectivity index (χ4n) is 1.63. The van der Waals surface area contributed by atoms with Crippen LogP contribution in [0.5, 0.6) is 5.75 Å². The maximum Gasteiger partial charge on any atom is 0.147 e. The molecule has 1 aromatic heterocycles. The maximum atomic E-state index is 5.82. The molecule has 19 heavy (non-hydrogen) atoms. The van der Waals surface area contributed by atoms with Gasteiger partial charge < -0.3 is 4.74 Å². The lowest BCUT2D eigenvalue weighted by Gasteiger charge is -2.11. The Morgan fingerprint density at radius 1 is 1.16 bits per heavy atom. The van der Waals surface area contributed by atoms with Gasteiger partial charge in [0.1, 0.15) is 5.75 Å². The highest BCUT2D eigenvalue weighted by Gasteiger charge is 2.08. The van der Waals surface area contributed by atoms with E-state index in [0.29, 0.717) is 12.5 Å². The monoisotopic (exact) mass is 403 g/mol. The van der Waals surface area contributed by atoms with Crippen LogP contribution in [-0.4, -0.2) is 11.6 Å². The second kappa shape index (κ2) is 7.27. The zero-order chi connectivity index (χ0) is 13.7. The summed E-state index contributed by atoms with van der Waals surface area (Å²) in [5.41, 5.74) is 2.06. The van der Waals surface area contributed by atoms with Crippen molar-refractivity contribution in [3.63, 3.8) is 0 Å². The topological polar surface area (TPSA) is 22.1 Å². The Bertz CT molecular complexity index is 525. The van der Waals surface area contributed by atoms with Crippen molar-refractivity contribution >= 4 is 43.5 Å². The highest BCUT2D eigenvalue weighted by Crippen LogP contribution is 2.35. The van der Waals surface area contributed by atoms with E-state index in [-0.39, 0.29) is 0 Å². The molecule has 2 nitrogen and oxygen atoms in total. The van der Waals surface area contributed by atoms with E-state index in [2.05, 4.69) is 36.8 Å². The summed E-state index contributed by atoms with van der Waals surface area (Å²) in [5, 5.41) is 0. The van der Waals surface area contributed by atoms with Crippen molar-refractivity contribution in [2.24, 2.45) is 0 Å². The molecular weight excluding hydrogens is 393 g/mol. The third-order valence-corrected chi connectivity index (χ3v) is 4.03. The largest absolute Gasteiger partial charge is 0.491 e. The molecule has 100 valence electrons. The molecule has 0 aliphatic rings. The number of pyridine rings is 1. The van der Waals surface area contributed by atoms with Gasteiger partial charge in [0.05, 0.1) is 15.6 Å². The molecule has 0 spiro atoms. The average Bonchev–Trinajstić information content (AvgIpc) is 2.42. The van der Waals surface area contributed by atoms with E-state index in [1.165, 1.54) is 0 Å². The Hall–Kier alpha value is -0.580. The summed E-state index contributed by atoms with van der Waals surface area (Å²) >= 11 is 12.8. The standard InChI is InChI=1S/C14H12Br2ClNO/c15-12-7-10(9-17)8-13(16)14(12)19-6-4-11-3-1-2-5-18-11/h1-3,5,7-8H,4,6,9H2. The number of halogens is 3. The molecule has 5 heteroatoms. The van der Waals surface area contributed by atoms with E-state index in [1.54, 1.807) is 6.20 Å². The maximum absolute atomic E-state index is 5.82. The molecule has 2 aromatic rings. The summed E-state index contributed by atoms with van der Waals surface area (Å²) in [7, 11) is 0. The highest BCUT2D eigenvalue weighted by molar-refractivity contribution is 9.11. The smallest absolute Gasteiger partial charge is 0.147 e. The van der Waals surface area contributed by atoms with Crippen molar-refractivity contribution in [1.29, 1.82) is 0 Å². The molecular formula is C14H12Br2ClNO. The van der Waals surface area contributed by atoms with Crippen LogP contribution in [0.15, 0.2) is 45.5 Å². The zero-order valence-corrected chi connectivity index (χ0v) is 14.0. The third-order valence-electron chi connectivity index (χ3n) is 2.54. The van der Waals surface area contributed by atoms with Crippen LogP contribution in [-0.2, 0) is 12.3 Å². The first-order chi connectivity index (χ1) is 9.20. The first-order valence-electron chi connectivity index (χ1n) is 5.77. The van der Waals surface area contributed by atoms with E-state index >= 15 is 0 Å². The average molecular weight is 406 g/mol. The summed E-state index contributed by atoms with van der Waals surface area (Å²) in [6.07, 6.45) is 2.56. The number of hydrogen-bond acceptors (Lipinski definition) is 2. The van der Waals surface area contributed by atoms with Crippen LogP contribution in [0.4, 0.5) is 0 Å². The number of benzene rings is 1. The lowest BCUT2D eigenvalue weighted by Crippen LogP contribution is -2.03. The summed E-state index contributed by atoms with van der Waals surface area (Å²) in [5.74, 6) is 1.27. The molecule has 0 aliphatic heterocycles. The fraction of sp³-hybridized carbons (Fsp3) is 0.214. The Kier molecular flexibility index (Phi) is 5.67. The van der Waals surface area contributed by atoms with Crippen LogP contribution in [0.2, 0.25) is 0 Å². The molecule has 1 aromatic carbocycles. The van der Waals surface area contributed by atoms with E-state index in [0.717, 1.165) is 32.4 Å². The fourth-order valence-corrected chi connectivity index (χ4v) is 3.30. The first kappa shape index (κ1) is 14.8. The van der Waals surface area contributed by atoms with Gasteiger partial charge in [-0.2, -0.15) is 0 Å². The minimum absolute atomic E-state index is 0.478. The number of alkyl halides is 1. The number of aromatic nitrogens is 1. The Morgan fingerprint density at radius 3 is 2.47 bits per heavy atom. The van der Waals surface area contributed by atoms with Crippen molar-refractivity contribution in [2.45, 2.75) is 12.3 Å². The summed E-state index contributed by atoms with van der Waals surface area (Å²) in [4.78, 5) is 4.26. The summed E-state index contributed by atoms with van der Waals surface area (Å²) in [6, 6.07) is 9.80. The van der Waals surface area contributed by atoms with E-state index in [9.17, 15) is 0 Å². The number of hydrogen-bond donors (Lipinski definition) is 0.